The van der Waals surface area contributed by atoms with Gasteiger partial charge in [-0.15, -0.1) is 11.3 Å². The lowest BCUT2D eigenvalue weighted by Crippen LogP contribution is -2.02. The van der Waals surface area contributed by atoms with Crippen LogP contribution in [-0.2, 0) is 0 Å². The highest BCUT2D eigenvalue weighted by molar-refractivity contribution is 7.99. The van der Waals surface area contributed by atoms with E-state index in [1.807, 2.05) is 0 Å². The van der Waals surface area contributed by atoms with Crippen LogP contribution in [0.25, 0.3) is 0 Å². The number of thiophene rings is 1. The number of hydrogen-bond acceptors (Lipinski definition) is 4. The summed E-state index contributed by atoms with van der Waals surface area (Å²) in [5.41, 5.74) is 0.503. The van der Waals surface area contributed by atoms with Gasteiger partial charge in [-0.2, -0.15) is 11.8 Å². The fourth-order valence-electron chi connectivity index (χ4n) is 0.940. The van der Waals surface area contributed by atoms with Crippen molar-refractivity contribution in [3.63, 3.8) is 0 Å². The maximum Gasteiger partial charge on any atom is 0.175 e. The molecule has 0 aliphatic carbocycles. The van der Waals surface area contributed by atoms with Crippen LogP contribution in [0, 0.1) is 0 Å². The summed E-state index contributed by atoms with van der Waals surface area (Å²) in [6, 6.07) is 1.60. The summed E-state index contributed by atoms with van der Waals surface area (Å²) >= 11 is 14.3. The molecule has 0 aliphatic heterocycles. The van der Waals surface area contributed by atoms with Crippen LogP contribution >= 0.6 is 46.3 Å². The molecule has 0 unspecified atom stereocenters. The molecular weight excluding hydrogens is 275 g/mol. The Kier molecular flexibility index (Phi) is 6.00. The van der Waals surface area contributed by atoms with Gasteiger partial charge < -0.3 is 5.11 Å². The van der Waals surface area contributed by atoms with Crippen molar-refractivity contribution in [1.82, 2.24) is 0 Å². The van der Waals surface area contributed by atoms with Crippen LogP contribution in [0.5, 0.6) is 0 Å². The maximum atomic E-state index is 11.6. The maximum absolute atomic E-state index is 11.6. The van der Waals surface area contributed by atoms with Crippen molar-refractivity contribution in [2.75, 3.05) is 18.1 Å². The summed E-state index contributed by atoms with van der Waals surface area (Å²) in [7, 11) is 0. The minimum Gasteiger partial charge on any atom is -0.396 e. The van der Waals surface area contributed by atoms with E-state index in [2.05, 4.69) is 0 Å². The third-order valence-corrected chi connectivity index (χ3v) is 4.17. The van der Waals surface area contributed by atoms with Gasteiger partial charge in [-0.1, -0.05) is 23.2 Å². The first kappa shape index (κ1) is 13.3. The molecule has 0 aromatic carbocycles. The molecule has 0 fully saturated rings. The highest BCUT2D eigenvalue weighted by Crippen LogP contribution is 2.31. The van der Waals surface area contributed by atoms with Crippen molar-refractivity contribution in [3.05, 3.63) is 20.3 Å². The van der Waals surface area contributed by atoms with Crippen LogP contribution in [0.4, 0.5) is 0 Å². The average Bonchev–Trinajstić information content (AvgIpc) is 2.52. The molecule has 0 saturated carbocycles. The van der Waals surface area contributed by atoms with E-state index in [4.69, 9.17) is 28.3 Å². The fraction of sp³-hybridized carbons (Fsp3) is 0.444. The lowest BCUT2D eigenvalue weighted by atomic mass is 10.2. The number of ketones is 1. The number of thioether (sulfide) groups is 1. The smallest absolute Gasteiger partial charge is 0.175 e. The topological polar surface area (TPSA) is 37.3 Å². The Morgan fingerprint density at radius 1 is 1.53 bits per heavy atom. The van der Waals surface area contributed by atoms with Crippen LogP contribution in [0.3, 0.4) is 0 Å². The van der Waals surface area contributed by atoms with Crippen molar-refractivity contribution in [2.45, 2.75) is 6.42 Å². The molecule has 1 N–H and O–H groups in total. The zero-order valence-corrected chi connectivity index (χ0v) is 11.0. The number of aliphatic hydroxyl groups is 1. The van der Waals surface area contributed by atoms with E-state index in [0.717, 1.165) is 5.75 Å². The third-order valence-electron chi connectivity index (χ3n) is 1.64. The van der Waals surface area contributed by atoms with Gasteiger partial charge in [0.2, 0.25) is 0 Å². The fourth-order valence-corrected chi connectivity index (χ4v) is 3.26. The first-order valence-electron chi connectivity index (χ1n) is 4.31. The predicted molar refractivity (Wildman–Crippen MR) is 67.7 cm³/mol. The van der Waals surface area contributed by atoms with E-state index in [9.17, 15) is 4.79 Å². The molecule has 0 bridgehead atoms. The molecule has 84 valence electrons. The lowest BCUT2D eigenvalue weighted by Gasteiger charge is -1.98. The van der Waals surface area contributed by atoms with Gasteiger partial charge in [0.25, 0.3) is 0 Å². The first-order chi connectivity index (χ1) is 7.15. The Morgan fingerprint density at radius 2 is 2.27 bits per heavy atom. The number of carbonyl (C=O) groups is 1. The molecule has 1 aromatic rings. The minimum absolute atomic E-state index is 0.00825. The molecule has 0 saturated heterocycles. The van der Waals surface area contributed by atoms with Gasteiger partial charge >= 0.3 is 0 Å². The zero-order valence-electron chi connectivity index (χ0n) is 7.83. The molecule has 1 rings (SSSR count). The quantitative estimate of drug-likeness (QED) is 0.643. The van der Waals surface area contributed by atoms with Crippen molar-refractivity contribution in [3.8, 4) is 0 Å². The summed E-state index contributed by atoms with van der Waals surface area (Å²) in [5, 5.41) is 8.56. The predicted octanol–water partition coefficient (Wildman–Crippen LogP) is 3.35. The van der Waals surface area contributed by atoms with Crippen molar-refractivity contribution < 1.29 is 9.90 Å². The molecule has 2 nitrogen and oxygen atoms in total. The van der Waals surface area contributed by atoms with Crippen molar-refractivity contribution >= 4 is 52.1 Å². The van der Waals surface area contributed by atoms with Gasteiger partial charge in [0.05, 0.1) is 10.1 Å². The van der Waals surface area contributed by atoms with E-state index in [1.54, 1.807) is 6.07 Å². The number of hydrogen-bond donors (Lipinski definition) is 1. The second-order valence-corrected chi connectivity index (χ2v) is 6.18. The molecule has 0 aliphatic rings. The largest absolute Gasteiger partial charge is 0.396 e. The zero-order chi connectivity index (χ0) is 11.3. The standard InChI is InChI=1S/C9H10Cl2O2S2/c10-8-4-6(9(11)15-8)7(13)5-14-3-1-2-12/h4,12H,1-3,5H2. The van der Waals surface area contributed by atoms with Crippen LogP contribution in [-0.4, -0.2) is 29.0 Å². The Balaban J connectivity index is 2.43. The highest BCUT2D eigenvalue weighted by Gasteiger charge is 2.13. The Labute approximate surface area is 107 Å². The van der Waals surface area contributed by atoms with Gasteiger partial charge in [-0.05, 0) is 18.2 Å². The van der Waals surface area contributed by atoms with Gasteiger partial charge in [-0.3, -0.25) is 4.79 Å². The Morgan fingerprint density at radius 3 is 2.80 bits per heavy atom. The average molecular weight is 285 g/mol. The van der Waals surface area contributed by atoms with E-state index >= 15 is 0 Å². The van der Waals surface area contributed by atoms with E-state index in [1.165, 1.54) is 23.1 Å². The Hall–Kier alpha value is 0.260. The summed E-state index contributed by atoms with van der Waals surface area (Å²) in [6.45, 7) is 0.159. The Bertz CT molecular complexity index is 339. The normalized spacial score (nSPS) is 10.6. The third kappa shape index (κ3) is 4.33. The molecule has 1 aromatic heterocycles. The number of rotatable bonds is 6. The van der Waals surface area contributed by atoms with Crippen LogP contribution in [0.1, 0.15) is 16.8 Å². The summed E-state index contributed by atoms with van der Waals surface area (Å²) in [6.07, 6.45) is 0.704. The number of aliphatic hydroxyl groups excluding tert-OH is 1. The van der Waals surface area contributed by atoms with Crippen LogP contribution in [0.15, 0.2) is 6.07 Å². The lowest BCUT2D eigenvalue weighted by molar-refractivity contribution is 0.102. The summed E-state index contributed by atoms with van der Waals surface area (Å²) in [4.78, 5) is 11.6. The van der Waals surface area contributed by atoms with Crippen LogP contribution < -0.4 is 0 Å². The van der Waals surface area contributed by atoms with Gasteiger partial charge in [-0.25, -0.2) is 0 Å². The van der Waals surface area contributed by atoms with Gasteiger partial charge in [0.15, 0.2) is 5.78 Å². The number of carbonyl (C=O) groups excluding carboxylic acids is 1. The van der Waals surface area contributed by atoms with Crippen molar-refractivity contribution in [2.24, 2.45) is 0 Å². The first-order valence-corrected chi connectivity index (χ1v) is 7.04. The molecule has 0 radical (unpaired) electrons. The molecule has 0 atom stereocenters. The van der Waals surface area contributed by atoms with Gasteiger partial charge in [0, 0.05) is 12.2 Å². The van der Waals surface area contributed by atoms with E-state index in [-0.39, 0.29) is 12.4 Å². The van der Waals surface area contributed by atoms with Crippen LogP contribution in [0.2, 0.25) is 8.67 Å². The summed E-state index contributed by atoms with van der Waals surface area (Å²) in [5.74, 6) is 1.15. The summed E-state index contributed by atoms with van der Waals surface area (Å²) < 4.78 is 0.983. The molecule has 0 amide bonds. The highest BCUT2D eigenvalue weighted by atomic mass is 35.5. The SMILES string of the molecule is O=C(CSCCCO)c1cc(Cl)sc1Cl. The molecule has 6 heteroatoms. The minimum atomic E-state index is -0.00825. The molecule has 15 heavy (non-hydrogen) atoms. The van der Waals surface area contributed by atoms with E-state index < -0.39 is 0 Å². The molecule has 1 heterocycles. The second kappa shape index (κ2) is 6.76. The molecular formula is C9H10Cl2O2S2. The monoisotopic (exact) mass is 284 g/mol. The number of halogens is 2. The van der Waals surface area contributed by atoms with E-state index in [0.29, 0.717) is 26.4 Å². The van der Waals surface area contributed by atoms with Crippen molar-refractivity contribution in [1.29, 1.82) is 0 Å². The molecule has 0 spiro atoms. The van der Waals surface area contributed by atoms with Gasteiger partial charge in [0.1, 0.15) is 4.34 Å². The number of Topliss-reactive ketones (excluding diaryl/α,β-unsaturated/α-hetero) is 1. The second-order valence-electron chi connectivity index (χ2n) is 2.79.